The third kappa shape index (κ3) is 6.06. The van der Waals surface area contributed by atoms with E-state index in [4.69, 9.17) is 10.2 Å². The summed E-state index contributed by atoms with van der Waals surface area (Å²) in [7, 11) is -3.70. The Bertz CT molecular complexity index is 1560. The zero-order valence-electron chi connectivity index (χ0n) is 22.3. The molecular weight excluding hydrogens is 541 g/mol. The average Bonchev–Trinajstić information content (AvgIpc) is 2.88. The topological polar surface area (TPSA) is 102 Å². The number of likely N-dealkylation sites (tertiary alicyclic amines) is 1. The number of sulfonamides is 1. The standard InChI is InChI=1S/C28H31F3N6O2S/c1-18-15-36(16-20-9-19(13-32)10-22(29)11-20)7-4-23(18)27-24-12-26(34-14-21(24)3-6-33-27)35-25-5-8-37(40(2,38)39)17-28(25,30)31/h3,6,9-12,14,18,23,25H,4-5,7-8,15-17H2,1-2H3,(H,34,35)/t18-,23-,25-/m1/s1. The molecule has 0 amide bonds. The van der Waals surface area contributed by atoms with Gasteiger partial charge in [-0.2, -0.15) is 9.57 Å². The molecule has 3 aromatic rings. The van der Waals surface area contributed by atoms with E-state index in [2.05, 4.69) is 22.1 Å². The van der Waals surface area contributed by atoms with E-state index in [0.717, 1.165) is 52.1 Å². The minimum absolute atomic E-state index is 0.00993. The summed E-state index contributed by atoms with van der Waals surface area (Å²) in [5, 5.41) is 13.7. The van der Waals surface area contributed by atoms with Crippen LogP contribution in [0.15, 0.2) is 42.7 Å². The minimum atomic E-state index is -3.70. The van der Waals surface area contributed by atoms with Gasteiger partial charge in [-0.05, 0) is 61.2 Å². The number of nitriles is 1. The van der Waals surface area contributed by atoms with Crippen LogP contribution in [0.3, 0.4) is 0 Å². The summed E-state index contributed by atoms with van der Waals surface area (Å²) >= 11 is 0. The van der Waals surface area contributed by atoms with Crippen LogP contribution in [0.2, 0.25) is 0 Å². The molecular formula is C28H31F3N6O2S. The first-order valence-corrected chi connectivity index (χ1v) is 15.0. The van der Waals surface area contributed by atoms with E-state index >= 15 is 0 Å². The first kappa shape index (κ1) is 28.3. The Labute approximate surface area is 231 Å². The number of hydrogen-bond acceptors (Lipinski definition) is 7. The summed E-state index contributed by atoms with van der Waals surface area (Å²) in [6.07, 6.45) is 5.07. The van der Waals surface area contributed by atoms with Crippen LogP contribution in [0.5, 0.6) is 0 Å². The number of piperidine rings is 2. The van der Waals surface area contributed by atoms with Crippen molar-refractivity contribution in [2.24, 2.45) is 5.92 Å². The van der Waals surface area contributed by atoms with Gasteiger partial charge in [0.25, 0.3) is 5.92 Å². The second kappa shape index (κ2) is 11.0. The molecule has 40 heavy (non-hydrogen) atoms. The minimum Gasteiger partial charge on any atom is -0.361 e. The maximum absolute atomic E-state index is 14.9. The molecule has 1 aromatic carbocycles. The summed E-state index contributed by atoms with van der Waals surface area (Å²) in [6, 6.07) is 8.74. The van der Waals surface area contributed by atoms with Gasteiger partial charge in [0, 0.05) is 48.7 Å². The molecule has 0 aliphatic carbocycles. The van der Waals surface area contributed by atoms with Crippen molar-refractivity contribution in [2.75, 3.05) is 37.8 Å². The lowest BCUT2D eigenvalue weighted by atomic mass is 9.82. The first-order valence-electron chi connectivity index (χ1n) is 13.2. The zero-order chi connectivity index (χ0) is 28.7. The van der Waals surface area contributed by atoms with E-state index in [1.807, 2.05) is 12.1 Å². The van der Waals surface area contributed by atoms with Gasteiger partial charge in [-0.3, -0.25) is 9.88 Å². The molecule has 0 saturated carbocycles. The number of aromatic nitrogens is 2. The highest BCUT2D eigenvalue weighted by Crippen LogP contribution is 2.37. The molecule has 0 unspecified atom stereocenters. The van der Waals surface area contributed by atoms with Gasteiger partial charge in [-0.1, -0.05) is 6.92 Å². The van der Waals surface area contributed by atoms with Crippen LogP contribution in [-0.4, -0.2) is 72.0 Å². The van der Waals surface area contributed by atoms with Crippen LogP contribution >= 0.6 is 0 Å². The summed E-state index contributed by atoms with van der Waals surface area (Å²) in [4.78, 5) is 11.3. The summed E-state index contributed by atoms with van der Waals surface area (Å²) in [6.45, 7) is 3.33. The predicted molar refractivity (Wildman–Crippen MR) is 146 cm³/mol. The third-order valence-corrected chi connectivity index (χ3v) is 9.12. The molecule has 2 saturated heterocycles. The number of pyridine rings is 2. The van der Waals surface area contributed by atoms with Gasteiger partial charge >= 0.3 is 0 Å². The highest BCUT2D eigenvalue weighted by atomic mass is 32.2. The van der Waals surface area contributed by atoms with Gasteiger partial charge in [0.15, 0.2) is 0 Å². The SMILES string of the molecule is C[C@@H]1CN(Cc2cc(F)cc(C#N)c2)CC[C@H]1c1nccc2cnc(N[C@@H]3CCN(S(C)(=O)=O)CC3(F)F)cc12. The van der Waals surface area contributed by atoms with Crippen molar-refractivity contribution in [3.05, 3.63) is 65.4 Å². The molecule has 2 fully saturated rings. The van der Waals surface area contributed by atoms with Crippen LogP contribution in [-0.2, 0) is 16.6 Å². The van der Waals surface area contributed by atoms with E-state index in [1.54, 1.807) is 24.5 Å². The lowest BCUT2D eigenvalue weighted by Crippen LogP contribution is -2.55. The largest absolute Gasteiger partial charge is 0.361 e. The van der Waals surface area contributed by atoms with Crippen LogP contribution in [0, 0.1) is 23.1 Å². The number of benzene rings is 1. The lowest BCUT2D eigenvalue weighted by molar-refractivity contribution is -0.0540. The van der Waals surface area contributed by atoms with Crippen molar-refractivity contribution < 1.29 is 21.6 Å². The Morgan fingerprint density at radius 3 is 2.67 bits per heavy atom. The fourth-order valence-electron chi connectivity index (χ4n) is 5.86. The summed E-state index contributed by atoms with van der Waals surface area (Å²) < 4.78 is 68.0. The maximum Gasteiger partial charge on any atom is 0.281 e. The van der Waals surface area contributed by atoms with Crippen LogP contribution in [0.1, 0.15) is 42.5 Å². The highest BCUT2D eigenvalue weighted by Gasteiger charge is 2.47. The lowest BCUT2D eigenvalue weighted by Gasteiger charge is -2.38. The molecule has 0 spiro atoms. The number of rotatable bonds is 6. The van der Waals surface area contributed by atoms with Crippen molar-refractivity contribution in [1.29, 1.82) is 5.26 Å². The molecule has 2 aromatic heterocycles. The fraction of sp³-hybridized carbons (Fsp3) is 0.464. The molecule has 2 aliphatic rings. The van der Waals surface area contributed by atoms with E-state index in [-0.39, 0.29) is 24.8 Å². The van der Waals surface area contributed by atoms with Gasteiger partial charge in [0.05, 0.1) is 36.2 Å². The molecule has 5 rings (SSSR count). The van der Waals surface area contributed by atoms with Crippen molar-refractivity contribution >= 4 is 26.6 Å². The van der Waals surface area contributed by atoms with Gasteiger partial charge < -0.3 is 5.32 Å². The average molecular weight is 573 g/mol. The second-order valence-corrected chi connectivity index (χ2v) is 12.9. The Morgan fingerprint density at radius 1 is 1.18 bits per heavy atom. The third-order valence-electron chi connectivity index (χ3n) is 7.87. The van der Waals surface area contributed by atoms with Crippen LogP contribution in [0.25, 0.3) is 10.8 Å². The highest BCUT2D eigenvalue weighted by molar-refractivity contribution is 7.88. The van der Waals surface area contributed by atoms with E-state index < -0.39 is 34.3 Å². The molecule has 8 nitrogen and oxygen atoms in total. The van der Waals surface area contributed by atoms with Gasteiger partial charge in [0.1, 0.15) is 11.6 Å². The first-order chi connectivity index (χ1) is 18.9. The van der Waals surface area contributed by atoms with Crippen molar-refractivity contribution in [3.8, 4) is 6.07 Å². The number of alkyl halides is 2. The monoisotopic (exact) mass is 572 g/mol. The Balaban J connectivity index is 1.32. The normalized spacial score (nSPS) is 24.1. The van der Waals surface area contributed by atoms with E-state index in [9.17, 15) is 21.6 Å². The van der Waals surface area contributed by atoms with E-state index in [0.29, 0.717) is 17.9 Å². The number of nitrogens with zero attached hydrogens (tertiary/aromatic N) is 5. The van der Waals surface area contributed by atoms with Crippen molar-refractivity contribution in [2.45, 2.75) is 44.2 Å². The van der Waals surface area contributed by atoms with Crippen molar-refractivity contribution in [3.63, 3.8) is 0 Å². The number of hydrogen-bond donors (Lipinski definition) is 1. The number of halogens is 3. The molecule has 2 aliphatic heterocycles. The molecule has 12 heteroatoms. The summed E-state index contributed by atoms with van der Waals surface area (Å²) in [5.41, 5.74) is 1.94. The van der Waals surface area contributed by atoms with Gasteiger partial charge in [-0.25, -0.2) is 26.6 Å². The molecule has 212 valence electrons. The number of fused-ring (bicyclic) bond motifs is 1. The predicted octanol–water partition coefficient (Wildman–Crippen LogP) is 4.35. The maximum atomic E-state index is 14.9. The molecule has 4 heterocycles. The van der Waals surface area contributed by atoms with E-state index in [1.165, 1.54) is 12.1 Å². The molecule has 0 radical (unpaired) electrons. The Hall–Kier alpha value is -3.27. The fourth-order valence-corrected chi connectivity index (χ4v) is 6.70. The molecule has 1 N–H and O–H groups in total. The van der Waals surface area contributed by atoms with Crippen molar-refractivity contribution in [1.82, 2.24) is 19.2 Å². The Kier molecular flexibility index (Phi) is 7.74. The quantitative estimate of drug-likeness (QED) is 0.469. The molecule has 0 bridgehead atoms. The van der Waals surface area contributed by atoms with Crippen LogP contribution < -0.4 is 5.32 Å². The smallest absolute Gasteiger partial charge is 0.281 e. The Morgan fingerprint density at radius 2 is 1.98 bits per heavy atom. The zero-order valence-corrected chi connectivity index (χ0v) is 23.1. The number of nitrogens with one attached hydrogen (secondary N) is 1. The molecule has 3 atom stereocenters. The van der Waals surface area contributed by atoms with Gasteiger partial charge in [0.2, 0.25) is 10.0 Å². The van der Waals surface area contributed by atoms with Crippen LogP contribution in [0.4, 0.5) is 19.0 Å². The second-order valence-electron chi connectivity index (χ2n) is 10.9. The van der Waals surface area contributed by atoms with Gasteiger partial charge in [-0.15, -0.1) is 0 Å². The summed E-state index contributed by atoms with van der Waals surface area (Å²) in [5.74, 6) is -3.05. The number of anilines is 1.